The van der Waals surface area contributed by atoms with E-state index in [4.69, 9.17) is 11.2 Å². The topological polar surface area (TPSA) is 66.9 Å². The van der Waals surface area contributed by atoms with Crippen molar-refractivity contribution in [3.63, 3.8) is 0 Å². The summed E-state index contributed by atoms with van der Waals surface area (Å²) < 4.78 is 5.94. The third-order valence-electron chi connectivity index (χ3n) is 4.22. The van der Waals surface area contributed by atoms with E-state index in [1.54, 1.807) is 0 Å². The number of imide groups is 1. The van der Waals surface area contributed by atoms with Gasteiger partial charge in [-0.25, -0.2) is 9.69 Å². The predicted molar refractivity (Wildman–Crippen MR) is 90.3 cm³/mol. The van der Waals surface area contributed by atoms with Crippen molar-refractivity contribution in [3.05, 3.63) is 9.47 Å². The molecule has 0 radical (unpaired) electrons. The lowest BCUT2D eigenvalue weighted by molar-refractivity contribution is -0.151. The molecule has 1 saturated heterocycles. The number of esters is 1. The molecule has 0 spiro atoms. The van der Waals surface area contributed by atoms with Gasteiger partial charge >= 0.3 is 12.0 Å². The van der Waals surface area contributed by atoms with Crippen LogP contribution >= 0.6 is 31.9 Å². The number of hydrogen-bond donors (Lipinski definition) is 0. The van der Waals surface area contributed by atoms with Gasteiger partial charge in [0.15, 0.2) is 6.73 Å². The molecule has 1 saturated carbocycles. The number of amides is 3. The number of carbonyl (C=O) groups is 3. The smallest absolute Gasteiger partial charge is 0.330 e. The first-order valence-electron chi connectivity index (χ1n) is 6.92. The molecule has 124 valence electrons. The zero-order valence-corrected chi connectivity index (χ0v) is 15.9. The summed E-state index contributed by atoms with van der Waals surface area (Å²) in [6.45, 7) is 3.51. The highest BCUT2D eigenvalue weighted by atomic mass is 79.9. The highest BCUT2D eigenvalue weighted by Gasteiger charge is 2.61. The van der Waals surface area contributed by atoms with Crippen LogP contribution in [0.1, 0.15) is 13.8 Å². The second-order valence-corrected chi connectivity index (χ2v) is 8.81. The molecular weight excluding hydrogens is 432 g/mol. The van der Waals surface area contributed by atoms with E-state index in [9.17, 15) is 14.4 Å². The van der Waals surface area contributed by atoms with Crippen LogP contribution in [0.4, 0.5) is 4.79 Å². The van der Waals surface area contributed by atoms with E-state index in [0.29, 0.717) is 0 Å². The number of hydrogen-bond acceptors (Lipinski definition) is 4. The minimum absolute atomic E-state index is 0.0340. The van der Waals surface area contributed by atoms with E-state index in [-0.39, 0.29) is 37.1 Å². The molecule has 2 fully saturated rings. The summed E-state index contributed by atoms with van der Waals surface area (Å²) in [5, 5.41) is 0. The van der Waals surface area contributed by atoms with Crippen LogP contribution in [0.15, 0.2) is 9.47 Å². The Bertz CT molecular complexity index is 619. The molecule has 0 aromatic heterocycles. The summed E-state index contributed by atoms with van der Waals surface area (Å²) >= 11 is 6.56. The van der Waals surface area contributed by atoms with Gasteiger partial charge in [-0.15, -0.1) is 6.42 Å². The Morgan fingerprint density at radius 1 is 1.48 bits per heavy atom. The summed E-state index contributed by atoms with van der Waals surface area (Å²) in [6.07, 6.45) is 7.04. The van der Waals surface area contributed by atoms with E-state index >= 15 is 0 Å². The fraction of sp³-hybridized carbons (Fsp3) is 0.533. The van der Waals surface area contributed by atoms with Gasteiger partial charge in [0.05, 0.1) is 15.9 Å². The van der Waals surface area contributed by atoms with Crippen molar-refractivity contribution < 1.29 is 19.1 Å². The molecule has 0 N–H and O–H groups in total. The van der Waals surface area contributed by atoms with E-state index in [0.717, 1.165) is 8.29 Å². The van der Waals surface area contributed by atoms with Crippen LogP contribution in [0.2, 0.25) is 0 Å². The molecule has 1 aliphatic heterocycles. The van der Waals surface area contributed by atoms with Gasteiger partial charge in [0.2, 0.25) is 0 Å². The van der Waals surface area contributed by atoms with Gasteiger partial charge in [0.1, 0.15) is 6.54 Å². The minimum Gasteiger partial charge on any atom is -0.443 e. The van der Waals surface area contributed by atoms with E-state index < -0.39 is 17.9 Å². The Morgan fingerprint density at radius 2 is 2.13 bits per heavy atom. The quantitative estimate of drug-likeness (QED) is 0.368. The van der Waals surface area contributed by atoms with Crippen LogP contribution in [0, 0.1) is 29.6 Å². The molecule has 2 unspecified atom stereocenters. The second-order valence-electron chi connectivity index (χ2n) is 6.04. The Morgan fingerprint density at radius 3 is 2.70 bits per heavy atom. The van der Waals surface area contributed by atoms with Crippen molar-refractivity contribution in [2.45, 2.75) is 13.8 Å². The first-order chi connectivity index (χ1) is 10.7. The predicted octanol–water partition coefficient (Wildman–Crippen LogP) is 2.29. The maximum Gasteiger partial charge on any atom is 0.330 e. The Balaban J connectivity index is 1.93. The summed E-state index contributed by atoms with van der Waals surface area (Å²) in [6, 6.07) is -0.532. The molecule has 6 nitrogen and oxygen atoms in total. The zero-order chi connectivity index (χ0) is 17.4. The summed E-state index contributed by atoms with van der Waals surface area (Å²) in [5.41, 5.74) is -0.224. The molecule has 23 heavy (non-hydrogen) atoms. The number of urea groups is 1. The third kappa shape index (κ3) is 3.61. The molecule has 0 aromatic rings. The maximum absolute atomic E-state index is 12.2. The van der Waals surface area contributed by atoms with Crippen LogP contribution in [0.5, 0.6) is 0 Å². The number of ether oxygens (including phenoxy) is 1. The number of carbonyl (C=O) groups excluding carboxylic acids is 3. The Labute approximate surface area is 151 Å². The SMILES string of the molecule is C#CCN1CC(=O)N(COC(=O)C2C(C=C(Br)Br)C2(C)C)C1=O. The molecule has 0 aromatic carbocycles. The third-order valence-corrected chi connectivity index (χ3v) is 4.75. The second kappa shape index (κ2) is 6.65. The Hall–Kier alpha value is -1.33. The molecule has 1 aliphatic carbocycles. The van der Waals surface area contributed by atoms with Crippen molar-refractivity contribution >= 4 is 49.8 Å². The van der Waals surface area contributed by atoms with E-state index in [2.05, 4.69) is 37.8 Å². The number of nitrogens with zero attached hydrogens (tertiary/aromatic N) is 2. The molecule has 2 atom stereocenters. The molecule has 8 heteroatoms. The van der Waals surface area contributed by atoms with Crippen LogP contribution < -0.4 is 0 Å². The van der Waals surface area contributed by atoms with Gasteiger partial charge < -0.3 is 9.64 Å². The van der Waals surface area contributed by atoms with Crippen LogP contribution in [0.3, 0.4) is 0 Å². The lowest BCUT2D eigenvalue weighted by atomic mass is 10.1. The van der Waals surface area contributed by atoms with Gasteiger partial charge in [-0.3, -0.25) is 9.59 Å². The molecule has 2 rings (SSSR count). The van der Waals surface area contributed by atoms with Gasteiger partial charge in [-0.05, 0) is 43.2 Å². The van der Waals surface area contributed by atoms with Crippen molar-refractivity contribution in [1.82, 2.24) is 9.80 Å². The molecule has 2 aliphatic rings. The lowest BCUT2D eigenvalue weighted by Crippen LogP contribution is -2.36. The van der Waals surface area contributed by atoms with E-state index in [1.807, 2.05) is 19.9 Å². The number of terminal acetylenes is 1. The first kappa shape index (κ1) is 18.0. The van der Waals surface area contributed by atoms with Crippen molar-refractivity contribution in [2.24, 2.45) is 17.3 Å². The summed E-state index contributed by atoms with van der Waals surface area (Å²) in [4.78, 5) is 38.1. The van der Waals surface area contributed by atoms with Gasteiger partial charge in [-0.1, -0.05) is 25.8 Å². The first-order valence-corrected chi connectivity index (χ1v) is 8.51. The monoisotopic (exact) mass is 446 g/mol. The molecule has 1 heterocycles. The van der Waals surface area contributed by atoms with Gasteiger partial charge in [0, 0.05) is 0 Å². The Kier molecular flexibility index (Phi) is 5.21. The summed E-state index contributed by atoms with van der Waals surface area (Å²) in [5.74, 6) is 1.20. The van der Waals surface area contributed by atoms with Crippen molar-refractivity contribution in [2.75, 3.05) is 19.8 Å². The highest BCUT2D eigenvalue weighted by molar-refractivity contribution is 9.28. The molecule has 3 amide bonds. The average molecular weight is 448 g/mol. The highest BCUT2D eigenvalue weighted by Crippen LogP contribution is 2.60. The number of rotatable bonds is 5. The molecular formula is C15H16Br2N2O4. The van der Waals surface area contributed by atoms with Crippen LogP contribution in [-0.4, -0.2) is 47.5 Å². The number of halogens is 2. The van der Waals surface area contributed by atoms with Crippen LogP contribution in [-0.2, 0) is 14.3 Å². The lowest BCUT2D eigenvalue weighted by Gasteiger charge is -2.15. The van der Waals surface area contributed by atoms with Gasteiger partial charge in [-0.2, -0.15) is 0 Å². The fourth-order valence-corrected chi connectivity index (χ4v) is 3.32. The van der Waals surface area contributed by atoms with Crippen LogP contribution in [0.25, 0.3) is 0 Å². The largest absolute Gasteiger partial charge is 0.443 e. The molecule has 0 bridgehead atoms. The standard InChI is InChI=1S/C15H16Br2N2O4/c1-4-5-18-7-11(20)19(14(18)22)8-23-13(21)12-9(6-10(16)17)15(12,2)3/h1,6,9,12H,5,7-8H2,2-3H3. The van der Waals surface area contributed by atoms with Gasteiger partial charge in [0.25, 0.3) is 5.91 Å². The normalized spacial score (nSPS) is 25.2. The maximum atomic E-state index is 12.2. The van der Waals surface area contributed by atoms with E-state index in [1.165, 1.54) is 4.90 Å². The number of allylic oxidation sites excluding steroid dienone is 1. The minimum atomic E-state index is -0.532. The summed E-state index contributed by atoms with van der Waals surface area (Å²) in [7, 11) is 0. The zero-order valence-electron chi connectivity index (χ0n) is 12.7. The average Bonchev–Trinajstić information content (AvgIpc) is 2.85. The fourth-order valence-electron chi connectivity index (χ4n) is 2.75. The van der Waals surface area contributed by atoms with Crippen molar-refractivity contribution in [1.29, 1.82) is 0 Å². The van der Waals surface area contributed by atoms with Crippen molar-refractivity contribution in [3.8, 4) is 12.3 Å².